The van der Waals surface area contributed by atoms with Crippen LogP contribution in [-0.2, 0) is 6.61 Å². The predicted octanol–water partition coefficient (Wildman–Crippen LogP) is 2.55. The number of benzene rings is 2. The number of ether oxygens (including phenoxy) is 2. The van der Waals surface area contributed by atoms with E-state index < -0.39 is 0 Å². The number of quaternary nitrogens is 1. The molecule has 1 saturated heterocycles. The van der Waals surface area contributed by atoms with Crippen molar-refractivity contribution in [1.29, 1.82) is 0 Å². The molecule has 0 radical (unpaired) electrons. The summed E-state index contributed by atoms with van der Waals surface area (Å²) in [6.45, 7) is 3.74. The fourth-order valence-corrected chi connectivity index (χ4v) is 3.45. The van der Waals surface area contributed by atoms with E-state index in [1.807, 2.05) is 11.0 Å². The van der Waals surface area contributed by atoms with Gasteiger partial charge in [0.05, 0.1) is 40.3 Å². The first kappa shape index (κ1) is 19.8. The van der Waals surface area contributed by atoms with Gasteiger partial charge in [-0.1, -0.05) is 29.3 Å². The number of carbonyl (C=O) groups excluding carboxylic acids is 1. The van der Waals surface area contributed by atoms with E-state index in [9.17, 15) is 4.79 Å². The lowest BCUT2D eigenvalue weighted by Gasteiger charge is -2.30. The summed E-state index contributed by atoms with van der Waals surface area (Å²) >= 11 is 12.1. The molecule has 0 aromatic heterocycles. The van der Waals surface area contributed by atoms with Crippen LogP contribution < -0.4 is 14.4 Å². The fraction of sp³-hybridized carbons (Fsp3) is 0.350. The van der Waals surface area contributed by atoms with E-state index in [-0.39, 0.29) is 12.5 Å². The molecule has 1 aliphatic heterocycles. The van der Waals surface area contributed by atoms with Crippen LogP contribution in [0.5, 0.6) is 11.5 Å². The maximum Gasteiger partial charge on any atom is 0.254 e. The van der Waals surface area contributed by atoms with Crippen LogP contribution in [0.2, 0.25) is 10.0 Å². The fourth-order valence-electron chi connectivity index (χ4n) is 2.99. The van der Waals surface area contributed by atoms with E-state index in [4.69, 9.17) is 32.7 Å². The lowest BCUT2D eigenvalue weighted by Crippen LogP contribution is -3.12. The number of nitrogens with zero attached hydrogens (tertiary/aromatic N) is 1. The summed E-state index contributed by atoms with van der Waals surface area (Å²) in [6.07, 6.45) is 0. The van der Waals surface area contributed by atoms with Gasteiger partial charge in [0.1, 0.15) is 6.61 Å². The second kappa shape index (κ2) is 8.83. The van der Waals surface area contributed by atoms with Gasteiger partial charge in [-0.2, -0.15) is 0 Å². The summed E-state index contributed by atoms with van der Waals surface area (Å²) in [5.74, 6) is 1.10. The molecule has 1 fully saturated rings. The molecule has 0 aliphatic carbocycles. The molecule has 7 heteroatoms. The molecule has 5 nitrogen and oxygen atoms in total. The normalized spacial score (nSPS) is 14.9. The van der Waals surface area contributed by atoms with E-state index >= 15 is 0 Å². The largest absolute Gasteiger partial charge is 0.493 e. The molecular weight excluding hydrogens is 387 g/mol. The smallest absolute Gasteiger partial charge is 0.254 e. The van der Waals surface area contributed by atoms with Gasteiger partial charge in [0, 0.05) is 21.2 Å². The highest BCUT2D eigenvalue weighted by atomic mass is 35.5. The number of likely N-dealkylation sites (N-methyl/N-ethyl adjacent to an activating group) is 1. The third-order valence-electron chi connectivity index (χ3n) is 4.71. The van der Waals surface area contributed by atoms with Crippen LogP contribution >= 0.6 is 23.2 Å². The summed E-state index contributed by atoms with van der Waals surface area (Å²) in [4.78, 5) is 16.1. The maximum atomic E-state index is 12.7. The number of rotatable bonds is 5. The molecule has 27 heavy (non-hydrogen) atoms. The van der Waals surface area contributed by atoms with Crippen LogP contribution in [0.4, 0.5) is 0 Å². The minimum absolute atomic E-state index is 0.0214. The molecule has 0 atom stereocenters. The number of methoxy groups -OCH3 is 1. The maximum absolute atomic E-state index is 12.7. The second-order valence-electron chi connectivity index (χ2n) is 6.64. The zero-order chi connectivity index (χ0) is 19.4. The van der Waals surface area contributed by atoms with E-state index in [0.717, 1.165) is 31.7 Å². The Bertz CT molecular complexity index is 821. The molecule has 1 aliphatic rings. The first-order valence-corrected chi connectivity index (χ1v) is 9.59. The molecular formula is C20H23Cl2N2O3+. The van der Waals surface area contributed by atoms with Gasteiger partial charge in [0.2, 0.25) is 0 Å². The standard InChI is InChI=1S/C20H22Cl2N2O3/c1-23-7-9-24(10-8-23)20(25)14-4-6-18(19(11-14)26-2)27-13-15-3-5-16(21)12-17(15)22/h3-6,11-12H,7-10,13H2,1-2H3/p+1. The Morgan fingerprint density at radius 1 is 1.11 bits per heavy atom. The summed E-state index contributed by atoms with van der Waals surface area (Å²) in [7, 11) is 3.70. The third-order valence-corrected chi connectivity index (χ3v) is 5.30. The van der Waals surface area contributed by atoms with Crippen LogP contribution in [0.15, 0.2) is 36.4 Å². The van der Waals surface area contributed by atoms with Crippen LogP contribution in [0.25, 0.3) is 0 Å². The molecule has 0 spiro atoms. The van der Waals surface area contributed by atoms with Crippen LogP contribution in [-0.4, -0.2) is 51.1 Å². The van der Waals surface area contributed by atoms with Gasteiger partial charge in [-0.25, -0.2) is 0 Å². The number of hydrogen-bond acceptors (Lipinski definition) is 3. The lowest BCUT2D eigenvalue weighted by molar-refractivity contribution is -0.883. The molecule has 0 unspecified atom stereocenters. The van der Waals surface area contributed by atoms with Crippen molar-refractivity contribution in [3.8, 4) is 11.5 Å². The van der Waals surface area contributed by atoms with E-state index in [1.54, 1.807) is 37.4 Å². The van der Waals surface area contributed by atoms with Crippen molar-refractivity contribution in [2.24, 2.45) is 0 Å². The highest BCUT2D eigenvalue weighted by Gasteiger charge is 2.23. The summed E-state index contributed by atoms with van der Waals surface area (Å²) in [5, 5.41) is 1.13. The predicted molar refractivity (Wildman–Crippen MR) is 106 cm³/mol. The SMILES string of the molecule is COc1cc(C(=O)N2CC[NH+](C)CC2)ccc1OCc1ccc(Cl)cc1Cl. The molecule has 3 rings (SSSR count). The van der Waals surface area contributed by atoms with Gasteiger partial charge in [-0.15, -0.1) is 0 Å². The van der Waals surface area contributed by atoms with Gasteiger partial charge >= 0.3 is 0 Å². The first-order valence-electron chi connectivity index (χ1n) is 8.83. The quantitative estimate of drug-likeness (QED) is 0.824. The molecule has 2 aromatic carbocycles. The molecule has 2 aromatic rings. The first-order chi connectivity index (χ1) is 13.0. The molecule has 1 heterocycles. The Morgan fingerprint density at radius 3 is 2.52 bits per heavy atom. The van der Waals surface area contributed by atoms with Crippen molar-refractivity contribution in [3.05, 3.63) is 57.6 Å². The molecule has 1 N–H and O–H groups in total. The Hall–Kier alpha value is -1.95. The summed E-state index contributed by atoms with van der Waals surface area (Å²) in [5.41, 5.74) is 1.42. The monoisotopic (exact) mass is 409 g/mol. The minimum atomic E-state index is 0.0214. The number of amides is 1. The van der Waals surface area contributed by atoms with Gasteiger partial charge in [0.15, 0.2) is 11.5 Å². The van der Waals surface area contributed by atoms with Crippen molar-refractivity contribution < 1.29 is 19.2 Å². The number of hydrogen-bond donors (Lipinski definition) is 1. The van der Waals surface area contributed by atoms with Gasteiger partial charge in [-0.3, -0.25) is 4.79 Å². The molecule has 144 valence electrons. The number of piperazine rings is 1. The number of nitrogens with one attached hydrogen (secondary N) is 1. The second-order valence-corrected chi connectivity index (χ2v) is 7.48. The van der Waals surface area contributed by atoms with Crippen molar-refractivity contribution in [3.63, 3.8) is 0 Å². The van der Waals surface area contributed by atoms with Crippen LogP contribution in [0.1, 0.15) is 15.9 Å². The zero-order valence-corrected chi connectivity index (χ0v) is 16.9. The van der Waals surface area contributed by atoms with Crippen molar-refractivity contribution in [2.45, 2.75) is 6.61 Å². The van der Waals surface area contributed by atoms with Gasteiger partial charge < -0.3 is 19.3 Å². The molecule has 0 saturated carbocycles. The van der Waals surface area contributed by atoms with Gasteiger partial charge in [-0.05, 0) is 30.3 Å². The van der Waals surface area contributed by atoms with E-state index in [2.05, 4.69) is 7.05 Å². The van der Waals surface area contributed by atoms with Crippen molar-refractivity contribution in [2.75, 3.05) is 40.3 Å². The average Bonchev–Trinajstić information content (AvgIpc) is 2.67. The molecule has 1 amide bonds. The average molecular weight is 410 g/mol. The topological polar surface area (TPSA) is 43.2 Å². The highest BCUT2D eigenvalue weighted by molar-refractivity contribution is 6.35. The Balaban J connectivity index is 1.71. The van der Waals surface area contributed by atoms with E-state index in [1.165, 1.54) is 4.90 Å². The van der Waals surface area contributed by atoms with Crippen LogP contribution in [0, 0.1) is 0 Å². The third kappa shape index (κ3) is 4.86. The van der Waals surface area contributed by atoms with Crippen molar-refractivity contribution in [1.82, 2.24) is 4.90 Å². The lowest BCUT2D eigenvalue weighted by atomic mass is 10.1. The highest BCUT2D eigenvalue weighted by Crippen LogP contribution is 2.30. The Labute approximate surface area is 169 Å². The van der Waals surface area contributed by atoms with Crippen molar-refractivity contribution >= 4 is 29.1 Å². The number of halogens is 2. The summed E-state index contributed by atoms with van der Waals surface area (Å²) < 4.78 is 11.3. The minimum Gasteiger partial charge on any atom is -0.493 e. The van der Waals surface area contributed by atoms with Crippen LogP contribution in [0.3, 0.4) is 0 Å². The van der Waals surface area contributed by atoms with E-state index in [0.29, 0.717) is 27.1 Å². The molecule has 0 bridgehead atoms. The number of carbonyl (C=O) groups is 1. The Morgan fingerprint density at radius 2 is 1.85 bits per heavy atom. The Kier molecular flexibility index (Phi) is 6.47. The summed E-state index contributed by atoms with van der Waals surface area (Å²) in [6, 6.07) is 10.5. The zero-order valence-electron chi connectivity index (χ0n) is 15.4. The van der Waals surface area contributed by atoms with Gasteiger partial charge in [0.25, 0.3) is 5.91 Å².